The first-order chi connectivity index (χ1) is 7.63. The lowest BCUT2D eigenvalue weighted by Crippen LogP contribution is -2.04. The van der Waals surface area contributed by atoms with E-state index in [1.54, 1.807) is 23.7 Å². The van der Waals surface area contributed by atoms with Crippen LogP contribution in [0.4, 0.5) is 4.39 Å². The van der Waals surface area contributed by atoms with Crippen molar-refractivity contribution in [3.8, 4) is 5.69 Å². The van der Waals surface area contributed by atoms with Gasteiger partial charge in [0.25, 0.3) is 0 Å². The highest BCUT2D eigenvalue weighted by Crippen LogP contribution is 2.20. The molecule has 16 heavy (non-hydrogen) atoms. The van der Waals surface area contributed by atoms with Crippen molar-refractivity contribution in [3.63, 3.8) is 0 Å². The van der Waals surface area contributed by atoms with Crippen molar-refractivity contribution in [2.45, 2.75) is 19.7 Å². The second kappa shape index (κ2) is 4.22. The van der Waals surface area contributed by atoms with Gasteiger partial charge < -0.3 is 0 Å². The molecule has 0 fully saturated rings. The standard InChI is InChI=1S/C11H11ClFN3/c1-7-14-8(2)16(15-7)11-5-3-4-10(13)9(11)6-12/h3-5H,6H2,1-2H3. The van der Waals surface area contributed by atoms with Gasteiger partial charge in [0.2, 0.25) is 0 Å². The number of halogens is 2. The molecular weight excluding hydrogens is 229 g/mol. The molecule has 0 saturated carbocycles. The molecule has 0 bridgehead atoms. The van der Waals surface area contributed by atoms with Crippen molar-refractivity contribution < 1.29 is 4.39 Å². The number of aryl methyl sites for hydroxylation is 2. The molecule has 1 heterocycles. The zero-order chi connectivity index (χ0) is 11.7. The van der Waals surface area contributed by atoms with Gasteiger partial charge in [0.1, 0.15) is 17.5 Å². The third-order valence-corrected chi connectivity index (χ3v) is 2.60. The summed E-state index contributed by atoms with van der Waals surface area (Å²) in [5, 5.41) is 4.21. The van der Waals surface area contributed by atoms with Crippen LogP contribution in [0.5, 0.6) is 0 Å². The fourth-order valence-electron chi connectivity index (χ4n) is 1.63. The molecule has 1 aromatic heterocycles. The minimum absolute atomic E-state index is 0.111. The third-order valence-electron chi connectivity index (χ3n) is 2.33. The van der Waals surface area contributed by atoms with Crippen molar-refractivity contribution >= 4 is 11.6 Å². The second-order valence-electron chi connectivity index (χ2n) is 3.49. The fraction of sp³-hybridized carbons (Fsp3) is 0.273. The molecule has 0 amide bonds. The van der Waals surface area contributed by atoms with Crippen molar-refractivity contribution in [1.29, 1.82) is 0 Å². The number of rotatable bonds is 2. The fourth-order valence-corrected chi connectivity index (χ4v) is 1.89. The van der Waals surface area contributed by atoms with E-state index in [2.05, 4.69) is 10.1 Å². The van der Waals surface area contributed by atoms with E-state index in [4.69, 9.17) is 11.6 Å². The molecule has 0 aliphatic heterocycles. The normalized spacial score (nSPS) is 10.8. The molecule has 0 atom stereocenters. The predicted molar refractivity (Wildman–Crippen MR) is 60.3 cm³/mol. The van der Waals surface area contributed by atoms with Gasteiger partial charge in [-0.25, -0.2) is 14.1 Å². The third kappa shape index (κ3) is 1.80. The number of benzene rings is 1. The van der Waals surface area contributed by atoms with E-state index in [0.29, 0.717) is 17.1 Å². The summed E-state index contributed by atoms with van der Waals surface area (Å²) in [5.41, 5.74) is 1.09. The number of aromatic nitrogens is 3. The summed E-state index contributed by atoms with van der Waals surface area (Å²) in [6.07, 6.45) is 0. The van der Waals surface area contributed by atoms with E-state index >= 15 is 0 Å². The van der Waals surface area contributed by atoms with Gasteiger partial charge in [-0.05, 0) is 26.0 Å². The van der Waals surface area contributed by atoms with Gasteiger partial charge in [0.05, 0.1) is 11.6 Å². The summed E-state index contributed by atoms with van der Waals surface area (Å²) in [4.78, 5) is 4.18. The van der Waals surface area contributed by atoms with Gasteiger partial charge in [-0.1, -0.05) is 6.07 Å². The SMILES string of the molecule is Cc1nc(C)n(-c2cccc(F)c2CCl)n1. The lowest BCUT2D eigenvalue weighted by molar-refractivity contribution is 0.613. The Labute approximate surface area is 97.9 Å². The van der Waals surface area contributed by atoms with Gasteiger partial charge in [-0.2, -0.15) is 5.10 Å². The van der Waals surface area contributed by atoms with Crippen LogP contribution in [0.15, 0.2) is 18.2 Å². The van der Waals surface area contributed by atoms with Gasteiger partial charge in [-0.3, -0.25) is 0 Å². The lowest BCUT2D eigenvalue weighted by Gasteiger charge is -2.08. The van der Waals surface area contributed by atoms with Crippen molar-refractivity contribution in [2.75, 3.05) is 0 Å². The van der Waals surface area contributed by atoms with Crippen LogP contribution in [-0.4, -0.2) is 14.8 Å². The van der Waals surface area contributed by atoms with Crippen LogP contribution >= 0.6 is 11.6 Å². The molecule has 1 aromatic carbocycles. The predicted octanol–water partition coefficient (Wildman–Crippen LogP) is 2.76. The summed E-state index contributed by atoms with van der Waals surface area (Å²) in [6.45, 7) is 3.62. The Kier molecular flexibility index (Phi) is 2.92. The summed E-state index contributed by atoms with van der Waals surface area (Å²) in [7, 11) is 0. The first kappa shape index (κ1) is 11.1. The van der Waals surface area contributed by atoms with Crippen molar-refractivity contribution in [2.24, 2.45) is 0 Å². The van der Waals surface area contributed by atoms with Crippen LogP contribution in [0, 0.1) is 19.7 Å². The van der Waals surface area contributed by atoms with E-state index in [1.807, 2.05) is 6.92 Å². The van der Waals surface area contributed by atoms with E-state index in [0.717, 1.165) is 5.82 Å². The molecule has 84 valence electrons. The molecule has 0 aliphatic rings. The zero-order valence-corrected chi connectivity index (χ0v) is 9.79. The minimum Gasteiger partial charge on any atom is -0.217 e. The van der Waals surface area contributed by atoms with Crippen molar-refractivity contribution in [3.05, 3.63) is 41.2 Å². The number of nitrogens with zero attached hydrogens (tertiary/aromatic N) is 3. The van der Waals surface area contributed by atoms with E-state index in [1.165, 1.54) is 6.07 Å². The largest absolute Gasteiger partial charge is 0.217 e. The number of hydrogen-bond donors (Lipinski definition) is 0. The van der Waals surface area contributed by atoms with Gasteiger partial charge in [0.15, 0.2) is 0 Å². The Morgan fingerprint density at radius 1 is 1.38 bits per heavy atom. The maximum Gasteiger partial charge on any atom is 0.148 e. The van der Waals surface area contributed by atoms with Crippen LogP contribution in [0.2, 0.25) is 0 Å². The monoisotopic (exact) mass is 239 g/mol. The highest BCUT2D eigenvalue weighted by molar-refractivity contribution is 6.17. The van der Waals surface area contributed by atoms with Crippen LogP contribution in [0.25, 0.3) is 5.69 Å². The van der Waals surface area contributed by atoms with Crippen molar-refractivity contribution in [1.82, 2.24) is 14.8 Å². The Bertz CT molecular complexity index is 522. The molecule has 2 rings (SSSR count). The quantitative estimate of drug-likeness (QED) is 0.755. The summed E-state index contributed by atoms with van der Waals surface area (Å²) in [6, 6.07) is 4.80. The molecule has 5 heteroatoms. The molecule has 2 aromatic rings. The Morgan fingerprint density at radius 2 is 2.12 bits per heavy atom. The summed E-state index contributed by atoms with van der Waals surface area (Å²) in [5.74, 6) is 1.16. The molecule has 0 aliphatic carbocycles. The lowest BCUT2D eigenvalue weighted by atomic mass is 10.2. The molecule has 0 radical (unpaired) electrons. The van der Waals surface area contributed by atoms with Crippen LogP contribution in [0.3, 0.4) is 0 Å². The molecule has 0 unspecified atom stereocenters. The van der Waals surface area contributed by atoms with E-state index in [-0.39, 0.29) is 11.7 Å². The van der Waals surface area contributed by atoms with Crippen LogP contribution in [0.1, 0.15) is 17.2 Å². The summed E-state index contributed by atoms with van der Waals surface area (Å²) >= 11 is 5.74. The molecule has 0 spiro atoms. The number of hydrogen-bond acceptors (Lipinski definition) is 2. The first-order valence-electron chi connectivity index (χ1n) is 4.87. The second-order valence-corrected chi connectivity index (χ2v) is 3.76. The highest BCUT2D eigenvalue weighted by Gasteiger charge is 2.12. The van der Waals surface area contributed by atoms with Crippen LogP contribution in [-0.2, 0) is 5.88 Å². The first-order valence-corrected chi connectivity index (χ1v) is 5.41. The summed E-state index contributed by atoms with van der Waals surface area (Å²) < 4.78 is 15.1. The topological polar surface area (TPSA) is 30.7 Å². The Morgan fingerprint density at radius 3 is 2.69 bits per heavy atom. The van der Waals surface area contributed by atoms with E-state index < -0.39 is 0 Å². The Hall–Kier alpha value is -1.42. The highest BCUT2D eigenvalue weighted by atomic mass is 35.5. The van der Waals surface area contributed by atoms with Gasteiger partial charge in [0, 0.05) is 5.56 Å². The van der Waals surface area contributed by atoms with Gasteiger partial charge >= 0.3 is 0 Å². The number of alkyl halides is 1. The van der Waals surface area contributed by atoms with E-state index in [9.17, 15) is 4.39 Å². The minimum atomic E-state index is -0.319. The molecule has 0 N–H and O–H groups in total. The Balaban J connectivity index is 2.64. The zero-order valence-electron chi connectivity index (χ0n) is 9.04. The average Bonchev–Trinajstić information content (AvgIpc) is 2.57. The maximum absolute atomic E-state index is 13.5. The molecule has 3 nitrogen and oxygen atoms in total. The molecular formula is C11H11ClFN3. The molecule has 0 saturated heterocycles. The van der Waals surface area contributed by atoms with Crippen LogP contribution < -0.4 is 0 Å². The maximum atomic E-state index is 13.5. The smallest absolute Gasteiger partial charge is 0.148 e. The average molecular weight is 240 g/mol. The van der Waals surface area contributed by atoms with Gasteiger partial charge in [-0.15, -0.1) is 11.6 Å².